The lowest BCUT2D eigenvalue weighted by Crippen LogP contribution is -2.25. The fourth-order valence-electron chi connectivity index (χ4n) is 1.78. The first kappa shape index (κ1) is 14.8. The van der Waals surface area contributed by atoms with Gasteiger partial charge in [0.15, 0.2) is 0 Å². The molecular weight excluding hydrogens is 363 g/mol. The van der Waals surface area contributed by atoms with Gasteiger partial charge in [-0.1, -0.05) is 18.2 Å². The number of hydrogen-bond donors (Lipinski definition) is 2. The van der Waals surface area contributed by atoms with Crippen molar-refractivity contribution >= 4 is 34.2 Å². The lowest BCUT2D eigenvalue weighted by molar-refractivity contribution is 0.0953. The fourth-order valence-corrected chi connectivity index (χ4v) is 2.14. The number of anilines is 1. The number of carbonyl (C=O) groups excluding carboxylic acids is 1. The third kappa shape index (κ3) is 4.85. The molecule has 0 unspecified atom stereocenters. The summed E-state index contributed by atoms with van der Waals surface area (Å²) >= 11 is 2.23. The molecule has 3 nitrogen and oxygen atoms in total. The van der Waals surface area contributed by atoms with Gasteiger partial charge in [-0.25, -0.2) is 0 Å². The Balaban J connectivity index is 1.66. The maximum absolute atomic E-state index is 11.9. The molecule has 0 saturated carbocycles. The van der Waals surface area contributed by atoms with Crippen LogP contribution in [0.25, 0.3) is 0 Å². The molecule has 20 heavy (non-hydrogen) atoms. The normalized spacial score (nSPS) is 10.1. The van der Waals surface area contributed by atoms with Gasteiger partial charge in [0, 0.05) is 27.9 Å². The first-order valence-electron chi connectivity index (χ1n) is 6.58. The Morgan fingerprint density at radius 3 is 2.35 bits per heavy atom. The average Bonchev–Trinajstić information content (AvgIpc) is 2.48. The standard InChI is InChI=1S/C16H17IN2O/c17-14-9-7-13(8-10-14)16(20)19-12-4-11-18-15-5-2-1-3-6-15/h1-3,5-10,18H,4,11-12H2,(H,19,20). The van der Waals surface area contributed by atoms with Crippen LogP contribution >= 0.6 is 22.6 Å². The number of amides is 1. The van der Waals surface area contributed by atoms with Gasteiger partial charge in [-0.05, 0) is 65.4 Å². The van der Waals surface area contributed by atoms with E-state index in [4.69, 9.17) is 0 Å². The van der Waals surface area contributed by atoms with Crippen molar-refractivity contribution in [3.05, 3.63) is 63.7 Å². The molecule has 0 fully saturated rings. The van der Waals surface area contributed by atoms with Crippen LogP contribution in [-0.2, 0) is 0 Å². The van der Waals surface area contributed by atoms with Crippen molar-refractivity contribution in [2.75, 3.05) is 18.4 Å². The second-order valence-electron chi connectivity index (χ2n) is 4.41. The van der Waals surface area contributed by atoms with Crippen molar-refractivity contribution in [1.82, 2.24) is 5.32 Å². The molecule has 0 heterocycles. The Bertz CT molecular complexity index is 540. The van der Waals surface area contributed by atoms with Gasteiger partial charge in [-0.15, -0.1) is 0 Å². The van der Waals surface area contributed by atoms with Crippen LogP contribution in [0.4, 0.5) is 5.69 Å². The lowest BCUT2D eigenvalue weighted by atomic mass is 10.2. The summed E-state index contributed by atoms with van der Waals surface area (Å²) in [6.45, 7) is 1.52. The number of nitrogens with one attached hydrogen (secondary N) is 2. The third-order valence-electron chi connectivity index (χ3n) is 2.85. The van der Waals surface area contributed by atoms with Crippen molar-refractivity contribution in [1.29, 1.82) is 0 Å². The Kier molecular flexibility index (Phi) is 5.86. The summed E-state index contributed by atoms with van der Waals surface area (Å²) in [6.07, 6.45) is 0.894. The molecule has 0 atom stereocenters. The summed E-state index contributed by atoms with van der Waals surface area (Å²) in [6, 6.07) is 17.6. The summed E-state index contributed by atoms with van der Waals surface area (Å²) in [5.74, 6) is -0.0129. The van der Waals surface area contributed by atoms with Crippen LogP contribution in [0.1, 0.15) is 16.8 Å². The first-order valence-corrected chi connectivity index (χ1v) is 7.66. The zero-order valence-corrected chi connectivity index (χ0v) is 13.3. The highest BCUT2D eigenvalue weighted by molar-refractivity contribution is 14.1. The second kappa shape index (κ2) is 7.89. The molecule has 0 spiro atoms. The second-order valence-corrected chi connectivity index (χ2v) is 5.65. The molecule has 2 rings (SSSR count). The van der Waals surface area contributed by atoms with Crippen LogP contribution in [0.5, 0.6) is 0 Å². The van der Waals surface area contributed by atoms with Gasteiger partial charge >= 0.3 is 0 Å². The number of benzene rings is 2. The summed E-state index contributed by atoms with van der Waals surface area (Å²) in [4.78, 5) is 11.9. The van der Waals surface area contributed by atoms with Gasteiger partial charge in [0.05, 0.1) is 0 Å². The Hall–Kier alpha value is -1.56. The molecule has 1 amide bonds. The van der Waals surface area contributed by atoms with Gasteiger partial charge in [0.2, 0.25) is 0 Å². The molecule has 0 saturated heterocycles. The van der Waals surface area contributed by atoms with Crippen molar-refractivity contribution in [3.63, 3.8) is 0 Å². The molecule has 2 aromatic rings. The third-order valence-corrected chi connectivity index (χ3v) is 3.57. The minimum absolute atomic E-state index is 0.0129. The number of carbonyl (C=O) groups is 1. The lowest BCUT2D eigenvalue weighted by Gasteiger charge is -2.07. The highest BCUT2D eigenvalue weighted by atomic mass is 127. The molecule has 0 radical (unpaired) electrons. The quantitative estimate of drug-likeness (QED) is 0.595. The van der Waals surface area contributed by atoms with E-state index >= 15 is 0 Å². The topological polar surface area (TPSA) is 41.1 Å². The Morgan fingerprint density at radius 1 is 0.950 bits per heavy atom. The van der Waals surface area contributed by atoms with Crippen molar-refractivity contribution in [2.24, 2.45) is 0 Å². The smallest absolute Gasteiger partial charge is 0.251 e. The van der Waals surface area contributed by atoms with Crippen molar-refractivity contribution in [3.8, 4) is 0 Å². The molecule has 2 N–H and O–H groups in total. The predicted molar refractivity (Wildman–Crippen MR) is 91.0 cm³/mol. The number of hydrogen-bond acceptors (Lipinski definition) is 2. The van der Waals surface area contributed by atoms with Gasteiger partial charge in [-0.2, -0.15) is 0 Å². The van der Waals surface area contributed by atoms with Crippen LogP contribution in [0.2, 0.25) is 0 Å². The molecule has 4 heteroatoms. The van der Waals surface area contributed by atoms with E-state index in [2.05, 4.69) is 33.2 Å². The van der Waals surface area contributed by atoms with Crippen LogP contribution in [-0.4, -0.2) is 19.0 Å². The van der Waals surface area contributed by atoms with E-state index < -0.39 is 0 Å². The van der Waals surface area contributed by atoms with Crippen LogP contribution in [0.15, 0.2) is 54.6 Å². The maximum atomic E-state index is 11.9. The van der Waals surface area contributed by atoms with Crippen LogP contribution in [0, 0.1) is 3.57 Å². The minimum atomic E-state index is -0.0129. The van der Waals surface area contributed by atoms with E-state index in [0.29, 0.717) is 12.1 Å². The zero-order chi connectivity index (χ0) is 14.2. The van der Waals surface area contributed by atoms with Gasteiger partial charge in [0.1, 0.15) is 0 Å². The number of rotatable bonds is 6. The first-order chi connectivity index (χ1) is 9.75. The highest BCUT2D eigenvalue weighted by Gasteiger charge is 2.03. The summed E-state index contributed by atoms with van der Waals surface area (Å²) in [5.41, 5.74) is 1.82. The van der Waals surface area contributed by atoms with Crippen LogP contribution < -0.4 is 10.6 Å². The van der Waals surface area contributed by atoms with Gasteiger partial charge < -0.3 is 10.6 Å². The molecule has 104 valence electrons. The zero-order valence-electron chi connectivity index (χ0n) is 11.1. The van der Waals surface area contributed by atoms with E-state index in [0.717, 1.165) is 22.2 Å². The maximum Gasteiger partial charge on any atom is 0.251 e. The molecule has 0 aliphatic carbocycles. The fraction of sp³-hybridized carbons (Fsp3) is 0.188. The van der Waals surface area contributed by atoms with Gasteiger partial charge in [0.25, 0.3) is 5.91 Å². The molecule has 0 bridgehead atoms. The van der Waals surface area contributed by atoms with E-state index in [1.165, 1.54) is 0 Å². The van der Waals surface area contributed by atoms with E-state index in [1.54, 1.807) is 0 Å². The largest absolute Gasteiger partial charge is 0.385 e. The average molecular weight is 380 g/mol. The highest BCUT2D eigenvalue weighted by Crippen LogP contribution is 2.07. The molecular formula is C16H17IN2O. The summed E-state index contributed by atoms with van der Waals surface area (Å²) < 4.78 is 1.13. The Labute approximate surface area is 132 Å². The van der Waals surface area contributed by atoms with E-state index in [-0.39, 0.29) is 5.91 Å². The summed E-state index contributed by atoms with van der Waals surface area (Å²) in [5, 5.41) is 6.24. The van der Waals surface area contributed by atoms with E-state index in [1.807, 2.05) is 54.6 Å². The van der Waals surface area contributed by atoms with Crippen molar-refractivity contribution < 1.29 is 4.79 Å². The van der Waals surface area contributed by atoms with E-state index in [9.17, 15) is 4.79 Å². The Morgan fingerprint density at radius 2 is 1.65 bits per heavy atom. The van der Waals surface area contributed by atoms with Crippen molar-refractivity contribution in [2.45, 2.75) is 6.42 Å². The SMILES string of the molecule is O=C(NCCCNc1ccccc1)c1ccc(I)cc1. The van der Waals surface area contributed by atoms with Gasteiger partial charge in [-0.3, -0.25) is 4.79 Å². The molecule has 0 aliphatic heterocycles. The number of halogens is 1. The minimum Gasteiger partial charge on any atom is -0.385 e. The monoisotopic (exact) mass is 380 g/mol. The number of para-hydroxylation sites is 1. The molecule has 0 aliphatic rings. The van der Waals surface area contributed by atoms with Crippen LogP contribution in [0.3, 0.4) is 0 Å². The molecule has 2 aromatic carbocycles. The molecule has 0 aromatic heterocycles. The summed E-state index contributed by atoms with van der Waals surface area (Å²) in [7, 11) is 0. The predicted octanol–water partition coefficient (Wildman–Crippen LogP) is 3.52.